The molecule has 0 aromatic heterocycles. The van der Waals surface area contributed by atoms with Crippen molar-refractivity contribution < 1.29 is 80.2 Å². The molecule has 0 aromatic carbocycles. The van der Waals surface area contributed by atoms with E-state index in [1.165, 1.54) is 51.4 Å². The quantitative estimate of drug-likeness (QED) is 0.0169. The first-order chi connectivity index (χ1) is 52.7. The molecule has 3 N–H and O–H groups in total. The molecule has 0 aliphatic carbocycles. The van der Waals surface area contributed by atoms with Crippen molar-refractivity contribution in [1.82, 2.24) is 0 Å². The minimum absolute atomic E-state index is 0.0136. The molecule has 612 valence electrons. The van der Waals surface area contributed by atoms with Crippen molar-refractivity contribution in [3.05, 3.63) is 182 Å². The van der Waals surface area contributed by atoms with Gasteiger partial charge in [-0.2, -0.15) is 0 Å². The van der Waals surface area contributed by atoms with Gasteiger partial charge in [0.1, 0.15) is 19.3 Å². The Morgan fingerprint density at radius 3 is 0.815 bits per heavy atom. The van der Waals surface area contributed by atoms with Crippen LogP contribution >= 0.6 is 15.6 Å². The van der Waals surface area contributed by atoms with E-state index in [9.17, 15) is 43.2 Å². The van der Waals surface area contributed by atoms with Crippen molar-refractivity contribution in [2.75, 3.05) is 39.6 Å². The number of carbonyl (C=O) groups is 4. The largest absolute Gasteiger partial charge is 0.472 e. The van der Waals surface area contributed by atoms with E-state index in [4.69, 9.17) is 37.0 Å². The Morgan fingerprint density at radius 1 is 0.269 bits per heavy atom. The van der Waals surface area contributed by atoms with E-state index in [1.807, 2.05) is 36.5 Å². The van der Waals surface area contributed by atoms with Crippen LogP contribution in [-0.2, 0) is 65.4 Å². The van der Waals surface area contributed by atoms with E-state index in [2.05, 4.69) is 174 Å². The van der Waals surface area contributed by atoms with Crippen LogP contribution in [0.3, 0.4) is 0 Å². The normalized spacial score (nSPS) is 14.8. The summed E-state index contributed by atoms with van der Waals surface area (Å²) in [4.78, 5) is 73.1. The first kappa shape index (κ1) is 102. The summed E-state index contributed by atoms with van der Waals surface area (Å²) in [6, 6.07) is 0. The van der Waals surface area contributed by atoms with Crippen LogP contribution in [-0.4, -0.2) is 96.7 Å². The van der Waals surface area contributed by atoms with Gasteiger partial charge in [-0.3, -0.25) is 37.3 Å². The van der Waals surface area contributed by atoms with E-state index in [0.717, 1.165) is 154 Å². The fourth-order valence-electron chi connectivity index (χ4n) is 10.3. The summed E-state index contributed by atoms with van der Waals surface area (Å²) in [5.41, 5.74) is 0. The summed E-state index contributed by atoms with van der Waals surface area (Å²) >= 11 is 0. The van der Waals surface area contributed by atoms with Crippen molar-refractivity contribution in [2.24, 2.45) is 0 Å². The number of aliphatic hydroxyl groups excluding tert-OH is 1. The van der Waals surface area contributed by atoms with Gasteiger partial charge < -0.3 is 33.8 Å². The molecule has 0 amide bonds. The molecule has 0 heterocycles. The van der Waals surface area contributed by atoms with Crippen LogP contribution in [0.5, 0.6) is 0 Å². The minimum atomic E-state index is -5.02. The van der Waals surface area contributed by atoms with Crippen LogP contribution in [0.2, 0.25) is 0 Å². The lowest BCUT2D eigenvalue weighted by atomic mass is 10.0. The van der Waals surface area contributed by atoms with E-state index in [0.29, 0.717) is 38.5 Å². The van der Waals surface area contributed by atoms with E-state index >= 15 is 0 Å². The highest BCUT2D eigenvalue weighted by molar-refractivity contribution is 7.47. The zero-order valence-corrected chi connectivity index (χ0v) is 68.7. The number of esters is 4. The number of hydrogen-bond donors (Lipinski definition) is 3. The first-order valence-corrected chi connectivity index (χ1v) is 44.0. The summed E-state index contributed by atoms with van der Waals surface area (Å²) in [7, 11) is -10.0. The Balaban J connectivity index is 5.52. The molecular formula is C89H144O17P2. The van der Waals surface area contributed by atoms with Gasteiger partial charge in [-0.15, -0.1) is 0 Å². The maximum atomic E-state index is 13.1. The Bertz CT molecular complexity index is 2760. The smallest absolute Gasteiger partial charge is 0.462 e. The third kappa shape index (κ3) is 78.3. The van der Waals surface area contributed by atoms with Gasteiger partial charge in [-0.05, 0) is 135 Å². The number of rotatable bonds is 75. The molecule has 0 rings (SSSR count). The third-order valence-electron chi connectivity index (χ3n) is 16.4. The second-order valence-electron chi connectivity index (χ2n) is 26.6. The second-order valence-corrected chi connectivity index (χ2v) is 29.5. The predicted molar refractivity (Wildman–Crippen MR) is 445 cm³/mol. The number of carbonyl (C=O) groups excluding carboxylic acids is 4. The topological polar surface area (TPSA) is 237 Å². The van der Waals surface area contributed by atoms with Gasteiger partial charge in [0.2, 0.25) is 0 Å². The van der Waals surface area contributed by atoms with Crippen molar-refractivity contribution in [3.63, 3.8) is 0 Å². The van der Waals surface area contributed by atoms with Gasteiger partial charge in [0.15, 0.2) is 12.2 Å². The van der Waals surface area contributed by atoms with Crippen LogP contribution in [0.4, 0.5) is 0 Å². The average molecular weight is 1550 g/mol. The van der Waals surface area contributed by atoms with Gasteiger partial charge in [-0.25, -0.2) is 9.13 Å². The third-order valence-corrected chi connectivity index (χ3v) is 18.3. The molecule has 108 heavy (non-hydrogen) atoms. The van der Waals surface area contributed by atoms with Crippen molar-refractivity contribution in [2.45, 2.75) is 316 Å². The Hall–Kier alpha value is -5.84. The molecule has 0 aliphatic heterocycles. The monoisotopic (exact) mass is 1550 g/mol. The molecule has 0 radical (unpaired) electrons. The van der Waals surface area contributed by atoms with Gasteiger partial charge in [-0.1, -0.05) is 319 Å². The van der Waals surface area contributed by atoms with Crippen LogP contribution in [0.25, 0.3) is 0 Å². The molecule has 5 atom stereocenters. The molecule has 19 heteroatoms. The summed E-state index contributed by atoms with van der Waals surface area (Å²) in [5, 5.41) is 10.7. The first-order valence-electron chi connectivity index (χ1n) is 41.0. The molecule has 0 fully saturated rings. The Kier molecular flexibility index (Phi) is 75.0. The number of phosphoric ester groups is 2. The van der Waals surface area contributed by atoms with Gasteiger partial charge in [0.05, 0.1) is 26.4 Å². The lowest BCUT2D eigenvalue weighted by molar-refractivity contribution is -0.161. The van der Waals surface area contributed by atoms with Gasteiger partial charge in [0, 0.05) is 25.7 Å². The molecular weight excluding hydrogens is 1400 g/mol. The van der Waals surface area contributed by atoms with E-state index < -0.39 is 97.5 Å². The highest BCUT2D eigenvalue weighted by Crippen LogP contribution is 2.45. The van der Waals surface area contributed by atoms with Gasteiger partial charge in [0.25, 0.3) is 0 Å². The Labute approximate surface area is 654 Å². The number of phosphoric acid groups is 2. The zero-order valence-electron chi connectivity index (χ0n) is 66.9. The van der Waals surface area contributed by atoms with Crippen molar-refractivity contribution >= 4 is 39.5 Å². The van der Waals surface area contributed by atoms with E-state index in [-0.39, 0.29) is 25.7 Å². The summed E-state index contributed by atoms with van der Waals surface area (Å²) in [6.45, 7) is 4.35. The molecule has 0 aliphatic rings. The maximum Gasteiger partial charge on any atom is 0.472 e. The number of allylic oxidation sites excluding steroid dienone is 30. The summed E-state index contributed by atoms with van der Waals surface area (Å²) in [5.74, 6) is -2.39. The molecule has 17 nitrogen and oxygen atoms in total. The van der Waals surface area contributed by atoms with E-state index in [1.54, 1.807) is 0 Å². The molecule has 0 aromatic rings. The number of aliphatic hydroxyl groups is 1. The predicted octanol–water partition coefficient (Wildman–Crippen LogP) is 24.3. The van der Waals surface area contributed by atoms with Crippen LogP contribution in [0.15, 0.2) is 182 Å². The average Bonchev–Trinajstić information content (AvgIpc) is 0.892. The number of unbranched alkanes of at least 4 members (excludes halogenated alkanes) is 19. The second kappa shape index (κ2) is 79.3. The number of hydrogen-bond acceptors (Lipinski definition) is 15. The van der Waals surface area contributed by atoms with Crippen LogP contribution < -0.4 is 0 Å². The van der Waals surface area contributed by atoms with Crippen molar-refractivity contribution in [1.29, 1.82) is 0 Å². The molecule has 0 saturated carbocycles. The van der Waals surface area contributed by atoms with Crippen LogP contribution in [0.1, 0.15) is 297 Å². The standard InChI is InChI=1S/C89H144O17P2/c1-5-9-13-17-21-25-29-33-36-39-41-44-47-51-54-58-62-66-70-74-87(92)100-80-85(106-89(94)76-72-68-64-60-56-52-48-45-42-40-37-34-30-26-22-18-14-10-6-2)82-104-108(97,98)102-78-83(90)77-101-107(95,96)103-81-84(105-88(93)75-71-67-63-59-55-49-32-28-24-20-16-12-8-4)79-99-86(91)73-69-65-61-57-53-50-46-43-38-35-31-27-23-19-15-11-7-3/h9-11,13-15,21-23,25-27,33-38,41-42,44-45,51-52,54,56,62,64,66,68,83-85,90H,5-8,12,16-20,24,28-32,39-40,43,46-50,53,55,57-61,63,65,67,69-82H2,1-4H3,(H,95,96)(H,97,98)/b13-9-,14-10-,15-11-,25-21-,26-22-,27-23-,36-33-,37-34-,38-35-,44-41-,45-42-,54-51-,56-52-,66-62-,68-64-. The molecule has 0 saturated heterocycles. The SMILES string of the molecule is CC/C=C\C/C=C\C/C=C\C/C=C\C/C=C\C/C=C\CCC(=O)OCC(COP(=O)(O)OCC(O)COP(=O)(O)OCC(COC(=O)CCCCCCCCC/C=C\C/C=C\C/C=C\CC)OC(=O)CCCCCCCCCCCCCCC)OC(=O)CC/C=C\C/C=C\C/C=C\C/C=C\C/C=C\C/C=C\CC. The highest BCUT2D eigenvalue weighted by atomic mass is 31.2. The fraction of sp³-hybridized carbons (Fsp3) is 0.618. The molecule has 0 bridgehead atoms. The highest BCUT2D eigenvalue weighted by Gasteiger charge is 2.30. The zero-order chi connectivity index (χ0) is 78.9. The summed E-state index contributed by atoms with van der Waals surface area (Å²) in [6.07, 6.45) is 96.1. The van der Waals surface area contributed by atoms with Gasteiger partial charge >= 0.3 is 39.5 Å². The number of ether oxygens (including phenoxy) is 4. The lowest BCUT2D eigenvalue weighted by Crippen LogP contribution is -2.30. The van der Waals surface area contributed by atoms with Crippen molar-refractivity contribution in [3.8, 4) is 0 Å². The van der Waals surface area contributed by atoms with Crippen LogP contribution in [0, 0.1) is 0 Å². The Morgan fingerprint density at radius 2 is 0.500 bits per heavy atom. The lowest BCUT2D eigenvalue weighted by Gasteiger charge is -2.21. The maximum absolute atomic E-state index is 13.1. The minimum Gasteiger partial charge on any atom is -0.462 e. The summed E-state index contributed by atoms with van der Waals surface area (Å²) < 4.78 is 68.5. The molecule has 5 unspecified atom stereocenters. The fourth-order valence-corrected chi connectivity index (χ4v) is 11.9. The molecule has 0 spiro atoms.